The van der Waals surface area contributed by atoms with E-state index in [9.17, 15) is 4.79 Å². The number of rotatable bonds is 5. The minimum absolute atomic E-state index is 0.126. The molecule has 0 fully saturated rings. The second kappa shape index (κ2) is 6.00. The number of hydrogen-bond acceptors (Lipinski definition) is 3. The van der Waals surface area contributed by atoms with Crippen LogP contribution >= 0.6 is 0 Å². The van der Waals surface area contributed by atoms with Gasteiger partial charge in [-0.25, -0.2) is 0 Å². The number of carbonyl (C=O) groups is 1. The average molecular weight is 173 g/mol. The van der Waals surface area contributed by atoms with E-state index < -0.39 is 0 Å². The Hall–Kier alpha value is -0.570. The van der Waals surface area contributed by atoms with E-state index in [1.54, 1.807) is 6.92 Å². The van der Waals surface area contributed by atoms with Crippen LogP contribution in [-0.2, 0) is 9.53 Å². The molecule has 0 heterocycles. The molecule has 2 atom stereocenters. The lowest BCUT2D eigenvalue weighted by Crippen LogP contribution is -2.32. The molecule has 0 saturated heterocycles. The Bertz CT molecular complexity index is 134. The maximum Gasteiger partial charge on any atom is 0.310 e. The lowest BCUT2D eigenvalue weighted by atomic mass is 10.1. The first-order valence-electron chi connectivity index (χ1n) is 4.51. The summed E-state index contributed by atoms with van der Waals surface area (Å²) in [6.07, 6.45) is 1.97. The molecular weight excluding hydrogens is 154 g/mol. The Morgan fingerprint density at radius 2 is 2.08 bits per heavy atom. The lowest BCUT2D eigenvalue weighted by molar-refractivity contribution is -0.148. The van der Waals surface area contributed by atoms with Crippen molar-refractivity contribution < 1.29 is 9.53 Å². The Morgan fingerprint density at radius 3 is 2.50 bits per heavy atom. The van der Waals surface area contributed by atoms with Crippen LogP contribution in [0.5, 0.6) is 0 Å². The summed E-state index contributed by atoms with van der Waals surface area (Å²) in [5.74, 6) is -0.375. The fourth-order valence-electron chi connectivity index (χ4n) is 0.663. The molecule has 0 aromatic heterocycles. The number of esters is 1. The van der Waals surface area contributed by atoms with Crippen molar-refractivity contribution >= 4 is 5.97 Å². The predicted molar refractivity (Wildman–Crippen MR) is 48.7 cm³/mol. The zero-order valence-electron chi connectivity index (χ0n) is 8.17. The van der Waals surface area contributed by atoms with E-state index in [0.717, 1.165) is 12.8 Å². The molecule has 72 valence electrons. The molecule has 2 unspecified atom stereocenters. The fraction of sp³-hybridized carbons (Fsp3) is 0.889. The largest absolute Gasteiger partial charge is 0.465 e. The Labute approximate surface area is 74.3 Å². The first-order chi connectivity index (χ1) is 5.59. The molecule has 3 heteroatoms. The van der Waals surface area contributed by atoms with Gasteiger partial charge in [0.15, 0.2) is 0 Å². The monoisotopic (exact) mass is 173 g/mol. The molecule has 0 aromatic rings. The SMILES string of the molecule is CCCCOC(=O)C(C)C(C)N. The van der Waals surface area contributed by atoms with Gasteiger partial charge in [-0.1, -0.05) is 20.3 Å². The summed E-state index contributed by atoms with van der Waals surface area (Å²) in [5.41, 5.74) is 5.54. The van der Waals surface area contributed by atoms with Gasteiger partial charge in [0.05, 0.1) is 12.5 Å². The summed E-state index contributed by atoms with van der Waals surface area (Å²) in [7, 11) is 0. The number of unbranched alkanes of at least 4 members (excludes halogenated alkanes) is 1. The van der Waals surface area contributed by atoms with E-state index in [1.165, 1.54) is 0 Å². The summed E-state index contributed by atoms with van der Waals surface area (Å²) in [4.78, 5) is 11.2. The molecule has 0 spiro atoms. The van der Waals surface area contributed by atoms with Gasteiger partial charge in [-0.2, -0.15) is 0 Å². The number of nitrogens with two attached hydrogens (primary N) is 1. The molecule has 0 amide bonds. The van der Waals surface area contributed by atoms with Gasteiger partial charge in [-0.05, 0) is 13.3 Å². The molecule has 2 N–H and O–H groups in total. The molecule has 12 heavy (non-hydrogen) atoms. The Balaban J connectivity index is 3.57. The van der Waals surface area contributed by atoms with Crippen LogP contribution in [0.15, 0.2) is 0 Å². The summed E-state index contributed by atoms with van der Waals surface area (Å²) in [5, 5.41) is 0. The fourth-order valence-corrected chi connectivity index (χ4v) is 0.663. The quantitative estimate of drug-likeness (QED) is 0.504. The highest BCUT2D eigenvalue weighted by Crippen LogP contribution is 2.03. The van der Waals surface area contributed by atoms with Gasteiger partial charge in [-0.3, -0.25) is 4.79 Å². The van der Waals surface area contributed by atoms with Crippen LogP contribution < -0.4 is 5.73 Å². The van der Waals surface area contributed by atoms with E-state index in [4.69, 9.17) is 10.5 Å². The zero-order chi connectivity index (χ0) is 9.56. The van der Waals surface area contributed by atoms with Gasteiger partial charge in [0, 0.05) is 6.04 Å². The second-order valence-corrected chi connectivity index (χ2v) is 3.17. The van der Waals surface area contributed by atoms with E-state index in [2.05, 4.69) is 6.92 Å². The van der Waals surface area contributed by atoms with Crippen LogP contribution in [0.4, 0.5) is 0 Å². The molecule has 0 aromatic carbocycles. The maximum absolute atomic E-state index is 11.2. The lowest BCUT2D eigenvalue weighted by Gasteiger charge is -2.13. The predicted octanol–water partition coefficient (Wildman–Crippen LogP) is 1.31. The van der Waals surface area contributed by atoms with Crippen LogP contribution in [0.25, 0.3) is 0 Å². The topological polar surface area (TPSA) is 52.3 Å². The number of carbonyl (C=O) groups excluding carboxylic acids is 1. The van der Waals surface area contributed by atoms with Crippen molar-refractivity contribution in [2.45, 2.75) is 39.7 Å². The third kappa shape index (κ3) is 4.34. The first kappa shape index (κ1) is 11.4. The molecule has 0 aliphatic heterocycles. The Morgan fingerprint density at radius 1 is 1.50 bits per heavy atom. The van der Waals surface area contributed by atoms with E-state index in [0.29, 0.717) is 6.61 Å². The molecule has 0 bridgehead atoms. The van der Waals surface area contributed by atoms with Crippen LogP contribution in [0.1, 0.15) is 33.6 Å². The van der Waals surface area contributed by atoms with Crippen molar-refractivity contribution in [2.24, 2.45) is 11.7 Å². The van der Waals surface area contributed by atoms with Gasteiger partial charge in [0.25, 0.3) is 0 Å². The average Bonchev–Trinajstić information content (AvgIpc) is 2.03. The van der Waals surface area contributed by atoms with Gasteiger partial charge in [0.1, 0.15) is 0 Å². The molecule has 0 radical (unpaired) electrons. The summed E-state index contributed by atoms with van der Waals surface area (Å²) < 4.78 is 4.99. The van der Waals surface area contributed by atoms with Gasteiger partial charge in [-0.15, -0.1) is 0 Å². The van der Waals surface area contributed by atoms with E-state index >= 15 is 0 Å². The van der Waals surface area contributed by atoms with Crippen molar-refractivity contribution in [2.75, 3.05) is 6.61 Å². The van der Waals surface area contributed by atoms with Gasteiger partial charge >= 0.3 is 5.97 Å². The molecule has 0 aliphatic rings. The summed E-state index contributed by atoms with van der Waals surface area (Å²) in [6.45, 7) is 6.18. The molecule has 0 rings (SSSR count). The zero-order valence-corrected chi connectivity index (χ0v) is 8.17. The number of ether oxygens (including phenoxy) is 1. The normalized spacial score (nSPS) is 15.3. The van der Waals surface area contributed by atoms with Crippen molar-refractivity contribution in [1.82, 2.24) is 0 Å². The van der Waals surface area contributed by atoms with Crippen LogP contribution in [0.2, 0.25) is 0 Å². The van der Waals surface area contributed by atoms with E-state index in [-0.39, 0.29) is 17.9 Å². The van der Waals surface area contributed by atoms with Crippen molar-refractivity contribution in [1.29, 1.82) is 0 Å². The standard InChI is InChI=1S/C9H19NO2/c1-4-5-6-12-9(11)7(2)8(3)10/h7-8H,4-6,10H2,1-3H3. The highest BCUT2D eigenvalue weighted by atomic mass is 16.5. The highest BCUT2D eigenvalue weighted by Gasteiger charge is 2.17. The maximum atomic E-state index is 11.2. The molecular formula is C9H19NO2. The van der Waals surface area contributed by atoms with Crippen LogP contribution in [0, 0.1) is 5.92 Å². The molecule has 3 nitrogen and oxygen atoms in total. The smallest absolute Gasteiger partial charge is 0.310 e. The van der Waals surface area contributed by atoms with Gasteiger partial charge < -0.3 is 10.5 Å². The van der Waals surface area contributed by atoms with Crippen molar-refractivity contribution in [3.63, 3.8) is 0 Å². The van der Waals surface area contributed by atoms with Crippen molar-refractivity contribution in [3.8, 4) is 0 Å². The summed E-state index contributed by atoms with van der Waals surface area (Å²) >= 11 is 0. The molecule has 0 aliphatic carbocycles. The van der Waals surface area contributed by atoms with E-state index in [1.807, 2.05) is 6.92 Å². The summed E-state index contributed by atoms with van der Waals surface area (Å²) in [6, 6.07) is -0.126. The first-order valence-corrected chi connectivity index (χ1v) is 4.51. The van der Waals surface area contributed by atoms with Crippen molar-refractivity contribution in [3.05, 3.63) is 0 Å². The molecule has 0 saturated carbocycles. The minimum Gasteiger partial charge on any atom is -0.465 e. The Kier molecular flexibility index (Phi) is 5.72. The third-order valence-corrected chi connectivity index (χ3v) is 1.90. The van der Waals surface area contributed by atoms with Crippen LogP contribution in [-0.4, -0.2) is 18.6 Å². The highest BCUT2D eigenvalue weighted by molar-refractivity contribution is 5.72. The minimum atomic E-state index is -0.193. The second-order valence-electron chi connectivity index (χ2n) is 3.17. The van der Waals surface area contributed by atoms with Crippen LogP contribution in [0.3, 0.4) is 0 Å². The number of hydrogen-bond donors (Lipinski definition) is 1. The van der Waals surface area contributed by atoms with Gasteiger partial charge in [0.2, 0.25) is 0 Å². The third-order valence-electron chi connectivity index (χ3n) is 1.90.